The molecule has 0 fully saturated rings. The molecule has 1 aromatic heterocycles. The van der Waals surface area contributed by atoms with Crippen LogP contribution in [-0.2, 0) is 0 Å². The van der Waals surface area contributed by atoms with Gasteiger partial charge in [0.15, 0.2) is 0 Å². The number of hydrogen-bond donors (Lipinski definition) is 2. The Bertz CT molecular complexity index is 466. The van der Waals surface area contributed by atoms with Gasteiger partial charge in [-0.2, -0.15) is 0 Å². The molecule has 18 heavy (non-hydrogen) atoms. The summed E-state index contributed by atoms with van der Waals surface area (Å²) in [5.41, 5.74) is -0.668. The van der Waals surface area contributed by atoms with Crippen LogP contribution in [0.1, 0.15) is 17.3 Å². The molecular formula is C10H12ClN3O4. The van der Waals surface area contributed by atoms with E-state index >= 15 is 0 Å². The topological polar surface area (TPSA) is 105 Å². The Kier molecular flexibility index (Phi) is 4.99. The number of aliphatic hydroxyl groups is 1. The first-order chi connectivity index (χ1) is 8.47. The SMILES string of the molecule is CC(CO)CNC(=O)c1ccnc(Cl)c1[N+](=O)[O-]. The minimum absolute atomic E-state index is 0.0839. The van der Waals surface area contributed by atoms with Crippen LogP contribution < -0.4 is 5.32 Å². The fraction of sp³-hybridized carbons (Fsp3) is 0.400. The molecule has 0 spiro atoms. The molecule has 1 aromatic rings. The molecule has 1 unspecified atom stereocenters. The number of halogens is 1. The Balaban J connectivity index is 2.92. The molecule has 2 N–H and O–H groups in total. The standard InChI is InChI=1S/C10H12ClN3O4/c1-6(5-15)4-13-10(16)7-2-3-12-9(11)8(7)14(17)18/h2-3,6,15H,4-5H2,1H3,(H,13,16). The summed E-state index contributed by atoms with van der Waals surface area (Å²) in [6.07, 6.45) is 1.22. The third-order valence-corrected chi connectivity index (χ3v) is 2.51. The highest BCUT2D eigenvalue weighted by Gasteiger charge is 2.24. The summed E-state index contributed by atoms with van der Waals surface area (Å²) in [6, 6.07) is 1.23. The minimum Gasteiger partial charge on any atom is -0.396 e. The number of nitrogens with one attached hydrogen (secondary N) is 1. The molecule has 0 aliphatic carbocycles. The average molecular weight is 274 g/mol. The van der Waals surface area contributed by atoms with Gasteiger partial charge in [0.2, 0.25) is 5.15 Å². The fourth-order valence-electron chi connectivity index (χ4n) is 1.21. The third-order valence-electron chi connectivity index (χ3n) is 2.23. The monoisotopic (exact) mass is 273 g/mol. The molecule has 8 heteroatoms. The van der Waals surface area contributed by atoms with Gasteiger partial charge < -0.3 is 10.4 Å². The second-order valence-electron chi connectivity index (χ2n) is 3.75. The summed E-state index contributed by atoms with van der Waals surface area (Å²) in [5.74, 6) is -0.753. The summed E-state index contributed by atoms with van der Waals surface area (Å²) in [5, 5.41) is 21.8. The van der Waals surface area contributed by atoms with Gasteiger partial charge in [0.25, 0.3) is 5.91 Å². The molecule has 0 radical (unpaired) electrons. The van der Waals surface area contributed by atoms with Gasteiger partial charge >= 0.3 is 5.69 Å². The van der Waals surface area contributed by atoms with Gasteiger partial charge in [-0.05, 0) is 12.0 Å². The molecule has 98 valence electrons. The highest BCUT2D eigenvalue weighted by atomic mass is 35.5. The van der Waals surface area contributed by atoms with E-state index in [0.717, 1.165) is 0 Å². The predicted molar refractivity (Wildman–Crippen MR) is 64.5 cm³/mol. The Morgan fingerprint density at radius 1 is 1.72 bits per heavy atom. The van der Waals surface area contributed by atoms with Gasteiger partial charge in [-0.15, -0.1) is 0 Å². The lowest BCUT2D eigenvalue weighted by molar-refractivity contribution is -0.385. The van der Waals surface area contributed by atoms with Crippen LogP contribution in [0.4, 0.5) is 5.69 Å². The van der Waals surface area contributed by atoms with E-state index in [2.05, 4.69) is 10.3 Å². The van der Waals surface area contributed by atoms with Crippen molar-refractivity contribution in [1.82, 2.24) is 10.3 Å². The number of carbonyl (C=O) groups is 1. The van der Waals surface area contributed by atoms with E-state index in [0.29, 0.717) is 0 Å². The van der Waals surface area contributed by atoms with Crippen LogP contribution in [0.25, 0.3) is 0 Å². The zero-order valence-electron chi connectivity index (χ0n) is 9.59. The van der Waals surface area contributed by atoms with Gasteiger partial charge in [0, 0.05) is 19.3 Å². The lowest BCUT2D eigenvalue weighted by Gasteiger charge is -2.09. The van der Waals surface area contributed by atoms with Crippen LogP contribution in [0.5, 0.6) is 0 Å². The first-order valence-corrected chi connectivity index (χ1v) is 5.53. The molecule has 0 aliphatic heterocycles. The van der Waals surface area contributed by atoms with Crippen molar-refractivity contribution in [2.24, 2.45) is 5.92 Å². The van der Waals surface area contributed by atoms with Crippen molar-refractivity contribution in [2.45, 2.75) is 6.92 Å². The summed E-state index contributed by atoms with van der Waals surface area (Å²) in [4.78, 5) is 25.4. The van der Waals surface area contributed by atoms with E-state index in [1.165, 1.54) is 12.3 Å². The van der Waals surface area contributed by atoms with Crippen molar-refractivity contribution in [2.75, 3.05) is 13.2 Å². The number of pyridine rings is 1. The molecule has 1 rings (SSSR count). The van der Waals surface area contributed by atoms with Crippen LogP contribution in [-0.4, -0.2) is 34.1 Å². The predicted octanol–water partition coefficient (Wildman–Crippen LogP) is 1.00. The molecule has 1 atom stereocenters. The van der Waals surface area contributed by atoms with Crippen molar-refractivity contribution in [3.05, 3.63) is 33.1 Å². The number of nitrogens with zero attached hydrogens (tertiary/aromatic N) is 2. The van der Waals surface area contributed by atoms with E-state index in [-0.39, 0.29) is 29.8 Å². The van der Waals surface area contributed by atoms with Crippen molar-refractivity contribution < 1.29 is 14.8 Å². The highest BCUT2D eigenvalue weighted by Crippen LogP contribution is 2.25. The van der Waals surface area contributed by atoms with Gasteiger partial charge in [0.05, 0.1) is 4.92 Å². The van der Waals surface area contributed by atoms with E-state index < -0.39 is 16.5 Å². The zero-order valence-corrected chi connectivity index (χ0v) is 10.3. The summed E-state index contributed by atoms with van der Waals surface area (Å²) >= 11 is 5.59. The molecule has 1 heterocycles. The van der Waals surface area contributed by atoms with Crippen LogP contribution >= 0.6 is 11.6 Å². The Morgan fingerprint density at radius 3 is 2.94 bits per heavy atom. The molecular weight excluding hydrogens is 262 g/mol. The third kappa shape index (κ3) is 3.38. The largest absolute Gasteiger partial charge is 0.396 e. The van der Waals surface area contributed by atoms with E-state index in [4.69, 9.17) is 16.7 Å². The molecule has 0 aliphatic rings. The van der Waals surface area contributed by atoms with E-state index in [1.807, 2.05) is 0 Å². The van der Waals surface area contributed by atoms with Crippen molar-refractivity contribution in [3.8, 4) is 0 Å². The number of rotatable bonds is 5. The Labute approximate surface area is 108 Å². The Hall–Kier alpha value is -1.73. The zero-order chi connectivity index (χ0) is 13.7. The highest BCUT2D eigenvalue weighted by molar-refractivity contribution is 6.32. The van der Waals surface area contributed by atoms with Gasteiger partial charge in [0.1, 0.15) is 5.56 Å². The van der Waals surface area contributed by atoms with Crippen molar-refractivity contribution in [1.29, 1.82) is 0 Å². The van der Waals surface area contributed by atoms with E-state index in [9.17, 15) is 14.9 Å². The maximum atomic E-state index is 11.8. The average Bonchev–Trinajstić information content (AvgIpc) is 2.34. The van der Waals surface area contributed by atoms with E-state index in [1.54, 1.807) is 6.92 Å². The number of aromatic nitrogens is 1. The minimum atomic E-state index is -0.750. The molecule has 1 amide bonds. The Morgan fingerprint density at radius 2 is 2.39 bits per heavy atom. The maximum Gasteiger partial charge on any atom is 0.319 e. The first-order valence-electron chi connectivity index (χ1n) is 5.15. The number of nitro groups is 1. The van der Waals surface area contributed by atoms with Crippen LogP contribution in [0.2, 0.25) is 5.15 Å². The van der Waals surface area contributed by atoms with Crippen LogP contribution in [0.15, 0.2) is 12.3 Å². The number of hydrogen-bond acceptors (Lipinski definition) is 5. The normalized spacial score (nSPS) is 11.9. The van der Waals surface area contributed by atoms with Crippen LogP contribution in [0.3, 0.4) is 0 Å². The van der Waals surface area contributed by atoms with Gasteiger partial charge in [-0.1, -0.05) is 18.5 Å². The van der Waals surface area contributed by atoms with Crippen molar-refractivity contribution in [3.63, 3.8) is 0 Å². The molecule has 7 nitrogen and oxygen atoms in total. The quantitative estimate of drug-likeness (QED) is 0.473. The molecule has 0 bridgehead atoms. The second kappa shape index (κ2) is 6.27. The molecule has 0 saturated heterocycles. The first kappa shape index (κ1) is 14.3. The summed E-state index contributed by atoms with van der Waals surface area (Å²) in [6.45, 7) is 1.86. The summed E-state index contributed by atoms with van der Waals surface area (Å²) < 4.78 is 0. The number of amides is 1. The summed E-state index contributed by atoms with van der Waals surface area (Å²) in [7, 11) is 0. The van der Waals surface area contributed by atoms with Gasteiger partial charge in [-0.25, -0.2) is 4.98 Å². The second-order valence-corrected chi connectivity index (χ2v) is 4.11. The molecule has 0 saturated carbocycles. The lowest BCUT2D eigenvalue weighted by Crippen LogP contribution is -2.30. The molecule has 0 aromatic carbocycles. The lowest BCUT2D eigenvalue weighted by atomic mass is 10.1. The maximum absolute atomic E-state index is 11.8. The van der Waals surface area contributed by atoms with Crippen LogP contribution in [0, 0.1) is 16.0 Å². The van der Waals surface area contributed by atoms with Crippen molar-refractivity contribution >= 4 is 23.2 Å². The number of aliphatic hydroxyl groups excluding tert-OH is 1. The number of carbonyl (C=O) groups excluding carboxylic acids is 1. The fourth-order valence-corrected chi connectivity index (χ4v) is 1.44. The smallest absolute Gasteiger partial charge is 0.319 e. The van der Waals surface area contributed by atoms with Gasteiger partial charge in [-0.3, -0.25) is 14.9 Å².